The lowest BCUT2D eigenvalue weighted by Crippen LogP contribution is -2.43. The van der Waals surface area contributed by atoms with Gasteiger partial charge in [0.05, 0.1) is 0 Å². The van der Waals surface area contributed by atoms with Crippen LogP contribution in [0.25, 0.3) is 0 Å². The lowest BCUT2D eigenvalue weighted by molar-refractivity contribution is 0.0904. The standard InChI is InChI=1S/C15H23N3O/c1-2-14(17-13-4-10-19-11-5-13)12-15(3-1)18-8-6-16-7-9-18/h1-3,12-13,16-17H,4-11H2. The molecular weight excluding hydrogens is 238 g/mol. The summed E-state index contributed by atoms with van der Waals surface area (Å²) in [5, 5.41) is 7.03. The van der Waals surface area contributed by atoms with Crippen LogP contribution in [-0.4, -0.2) is 45.4 Å². The SMILES string of the molecule is c1cc(NC2CCOCC2)cc(N2CCNCC2)c1. The van der Waals surface area contributed by atoms with E-state index in [1.54, 1.807) is 0 Å². The second-order valence-corrected chi connectivity index (χ2v) is 5.32. The van der Waals surface area contributed by atoms with E-state index in [1.807, 2.05) is 0 Å². The summed E-state index contributed by atoms with van der Waals surface area (Å²) in [6, 6.07) is 9.37. The fourth-order valence-electron chi connectivity index (χ4n) is 2.79. The number of ether oxygens (including phenoxy) is 1. The minimum absolute atomic E-state index is 0.562. The van der Waals surface area contributed by atoms with Crippen molar-refractivity contribution in [2.75, 3.05) is 49.6 Å². The van der Waals surface area contributed by atoms with E-state index in [4.69, 9.17) is 4.74 Å². The van der Waals surface area contributed by atoms with Crippen LogP contribution in [0.2, 0.25) is 0 Å². The van der Waals surface area contributed by atoms with E-state index in [-0.39, 0.29) is 0 Å². The van der Waals surface area contributed by atoms with E-state index in [0.717, 1.165) is 52.2 Å². The van der Waals surface area contributed by atoms with Gasteiger partial charge in [-0.3, -0.25) is 0 Å². The van der Waals surface area contributed by atoms with E-state index in [1.165, 1.54) is 11.4 Å². The number of hydrogen-bond donors (Lipinski definition) is 2. The van der Waals surface area contributed by atoms with Crippen molar-refractivity contribution >= 4 is 11.4 Å². The first-order valence-electron chi connectivity index (χ1n) is 7.32. The fourth-order valence-corrected chi connectivity index (χ4v) is 2.79. The zero-order valence-electron chi connectivity index (χ0n) is 11.4. The summed E-state index contributed by atoms with van der Waals surface area (Å²) in [6.45, 7) is 6.13. The van der Waals surface area contributed by atoms with E-state index in [0.29, 0.717) is 6.04 Å². The van der Waals surface area contributed by atoms with Gasteiger partial charge in [-0.25, -0.2) is 0 Å². The van der Waals surface area contributed by atoms with E-state index >= 15 is 0 Å². The summed E-state index contributed by atoms with van der Waals surface area (Å²) in [4.78, 5) is 2.45. The van der Waals surface area contributed by atoms with Crippen molar-refractivity contribution in [3.63, 3.8) is 0 Å². The van der Waals surface area contributed by atoms with Crippen molar-refractivity contribution < 1.29 is 4.74 Å². The van der Waals surface area contributed by atoms with Crippen LogP contribution in [0.15, 0.2) is 24.3 Å². The fraction of sp³-hybridized carbons (Fsp3) is 0.600. The molecule has 0 atom stereocenters. The lowest BCUT2D eigenvalue weighted by atomic mass is 10.1. The smallest absolute Gasteiger partial charge is 0.0485 e. The molecule has 2 aliphatic heterocycles. The summed E-state index contributed by atoms with van der Waals surface area (Å²) < 4.78 is 5.40. The average molecular weight is 261 g/mol. The average Bonchev–Trinajstić information content (AvgIpc) is 2.49. The quantitative estimate of drug-likeness (QED) is 0.868. The lowest BCUT2D eigenvalue weighted by Gasteiger charge is -2.30. The molecule has 2 aliphatic rings. The molecule has 0 amide bonds. The summed E-state index contributed by atoms with van der Waals surface area (Å²) in [6.07, 6.45) is 2.22. The van der Waals surface area contributed by atoms with Crippen LogP contribution in [0.1, 0.15) is 12.8 Å². The summed E-state index contributed by atoms with van der Waals surface area (Å²) in [5.74, 6) is 0. The van der Waals surface area contributed by atoms with Gasteiger partial charge in [-0.05, 0) is 31.0 Å². The molecule has 0 aliphatic carbocycles. The highest BCUT2D eigenvalue weighted by atomic mass is 16.5. The Balaban J connectivity index is 1.64. The van der Waals surface area contributed by atoms with Gasteiger partial charge in [0.1, 0.15) is 0 Å². The predicted molar refractivity (Wildman–Crippen MR) is 79.0 cm³/mol. The maximum atomic E-state index is 5.40. The van der Waals surface area contributed by atoms with Gasteiger partial charge in [-0.1, -0.05) is 6.07 Å². The number of benzene rings is 1. The maximum Gasteiger partial charge on any atom is 0.0485 e. The first kappa shape index (κ1) is 12.8. The highest BCUT2D eigenvalue weighted by Crippen LogP contribution is 2.22. The monoisotopic (exact) mass is 261 g/mol. The first-order chi connectivity index (χ1) is 9.42. The second kappa shape index (κ2) is 6.26. The first-order valence-corrected chi connectivity index (χ1v) is 7.32. The summed E-state index contributed by atoms with van der Waals surface area (Å²) >= 11 is 0. The maximum absolute atomic E-state index is 5.40. The van der Waals surface area contributed by atoms with Crippen molar-refractivity contribution in [3.05, 3.63) is 24.3 Å². The molecule has 2 N–H and O–H groups in total. The second-order valence-electron chi connectivity index (χ2n) is 5.32. The van der Waals surface area contributed by atoms with Crippen LogP contribution in [0.4, 0.5) is 11.4 Å². The number of piperazine rings is 1. The zero-order chi connectivity index (χ0) is 12.9. The normalized spacial score (nSPS) is 21.4. The van der Waals surface area contributed by atoms with Crippen LogP contribution in [0.5, 0.6) is 0 Å². The van der Waals surface area contributed by atoms with Gasteiger partial charge >= 0.3 is 0 Å². The van der Waals surface area contributed by atoms with Gasteiger partial charge in [-0.15, -0.1) is 0 Å². The van der Waals surface area contributed by atoms with Crippen molar-refractivity contribution in [1.82, 2.24) is 5.32 Å². The Morgan fingerprint density at radius 1 is 1.16 bits per heavy atom. The molecule has 0 saturated carbocycles. The zero-order valence-corrected chi connectivity index (χ0v) is 11.4. The molecule has 19 heavy (non-hydrogen) atoms. The minimum atomic E-state index is 0.562. The van der Waals surface area contributed by atoms with Crippen LogP contribution in [-0.2, 0) is 4.74 Å². The van der Waals surface area contributed by atoms with Crippen molar-refractivity contribution in [2.45, 2.75) is 18.9 Å². The molecular formula is C15H23N3O. The van der Waals surface area contributed by atoms with Gasteiger partial charge in [0.25, 0.3) is 0 Å². The van der Waals surface area contributed by atoms with Crippen LogP contribution in [0.3, 0.4) is 0 Å². The molecule has 104 valence electrons. The predicted octanol–water partition coefficient (Wildman–Crippen LogP) is 1.69. The Morgan fingerprint density at radius 3 is 2.74 bits per heavy atom. The number of hydrogen-bond acceptors (Lipinski definition) is 4. The Bertz CT molecular complexity index is 398. The molecule has 2 saturated heterocycles. The Kier molecular flexibility index (Phi) is 4.20. The number of nitrogens with zero attached hydrogens (tertiary/aromatic N) is 1. The van der Waals surface area contributed by atoms with Crippen molar-refractivity contribution in [2.24, 2.45) is 0 Å². The molecule has 4 nitrogen and oxygen atoms in total. The molecule has 2 fully saturated rings. The van der Waals surface area contributed by atoms with Gasteiger partial charge in [0.15, 0.2) is 0 Å². The molecule has 0 bridgehead atoms. The molecule has 1 aromatic rings. The van der Waals surface area contributed by atoms with Gasteiger partial charge in [-0.2, -0.15) is 0 Å². The number of anilines is 2. The van der Waals surface area contributed by atoms with Crippen molar-refractivity contribution in [1.29, 1.82) is 0 Å². The van der Waals surface area contributed by atoms with Crippen molar-refractivity contribution in [3.8, 4) is 0 Å². The third kappa shape index (κ3) is 3.39. The van der Waals surface area contributed by atoms with E-state index in [2.05, 4.69) is 39.8 Å². The summed E-state index contributed by atoms with van der Waals surface area (Å²) in [7, 11) is 0. The number of rotatable bonds is 3. The molecule has 1 aromatic carbocycles. The van der Waals surface area contributed by atoms with Gasteiger partial charge in [0.2, 0.25) is 0 Å². The number of nitrogens with one attached hydrogen (secondary N) is 2. The minimum Gasteiger partial charge on any atom is -0.382 e. The molecule has 0 aromatic heterocycles. The largest absolute Gasteiger partial charge is 0.382 e. The molecule has 0 unspecified atom stereocenters. The summed E-state index contributed by atoms with van der Waals surface area (Å²) in [5.41, 5.74) is 2.57. The highest BCUT2D eigenvalue weighted by molar-refractivity contribution is 5.58. The molecule has 0 radical (unpaired) electrons. The van der Waals surface area contributed by atoms with Crippen LogP contribution >= 0.6 is 0 Å². The van der Waals surface area contributed by atoms with Gasteiger partial charge in [0, 0.05) is 56.8 Å². The molecule has 2 heterocycles. The highest BCUT2D eigenvalue weighted by Gasteiger charge is 2.14. The topological polar surface area (TPSA) is 36.5 Å². The third-order valence-electron chi connectivity index (χ3n) is 3.92. The molecule has 3 rings (SSSR count). The Morgan fingerprint density at radius 2 is 1.95 bits per heavy atom. The van der Waals surface area contributed by atoms with E-state index < -0.39 is 0 Å². The third-order valence-corrected chi connectivity index (χ3v) is 3.92. The molecule has 4 heteroatoms. The Labute approximate surface area is 115 Å². The molecule has 0 spiro atoms. The van der Waals surface area contributed by atoms with Crippen LogP contribution < -0.4 is 15.5 Å². The van der Waals surface area contributed by atoms with Gasteiger partial charge < -0.3 is 20.3 Å². The van der Waals surface area contributed by atoms with Crippen LogP contribution in [0, 0.1) is 0 Å². The van der Waals surface area contributed by atoms with E-state index in [9.17, 15) is 0 Å². The Hall–Kier alpha value is -1.26.